The van der Waals surface area contributed by atoms with Crippen molar-refractivity contribution in [3.63, 3.8) is 0 Å². The van der Waals surface area contributed by atoms with Gasteiger partial charge in [-0.2, -0.15) is 0 Å². The Morgan fingerprint density at radius 1 is 1.41 bits per heavy atom. The van der Waals surface area contributed by atoms with Gasteiger partial charge in [-0.15, -0.1) is 0 Å². The third-order valence-electron chi connectivity index (χ3n) is 3.23. The minimum absolute atomic E-state index is 0.000188. The Hall–Kier alpha value is -0.910. The van der Waals surface area contributed by atoms with Gasteiger partial charge in [0.15, 0.2) is 0 Å². The van der Waals surface area contributed by atoms with Gasteiger partial charge in [-0.05, 0) is 18.8 Å². The Kier molecular flexibility index (Phi) is 3.81. The summed E-state index contributed by atoms with van der Waals surface area (Å²) >= 11 is 0. The maximum atomic E-state index is 12.1. The maximum Gasteiger partial charge on any atom is 0.245 e. The van der Waals surface area contributed by atoms with Gasteiger partial charge in [-0.1, -0.05) is 6.92 Å². The highest BCUT2D eigenvalue weighted by Gasteiger charge is 2.42. The molecule has 5 nitrogen and oxygen atoms in total. The predicted octanol–water partition coefficient (Wildman–Crippen LogP) is -0.508. The first-order chi connectivity index (χ1) is 8.11. The Bertz CT molecular complexity index is 355. The topological polar surface area (TPSA) is 66.5 Å². The molecule has 0 aromatic heterocycles. The first-order valence-electron chi connectivity index (χ1n) is 6.05. The van der Waals surface area contributed by atoms with Gasteiger partial charge in [-0.3, -0.25) is 13.8 Å². The standard InChI is InChI=1S/C11H18N2O3S/c1-2-17(16)6-5-13-7-9(14)12-10(11(13)15)8-3-4-8/h8,10H,2-7H2,1H3,(H,12,14). The molecule has 1 saturated heterocycles. The van der Waals surface area contributed by atoms with E-state index in [0.717, 1.165) is 12.8 Å². The highest BCUT2D eigenvalue weighted by Crippen LogP contribution is 2.34. The number of carbonyl (C=O) groups excluding carboxylic acids is 2. The number of carbonyl (C=O) groups is 2. The van der Waals surface area contributed by atoms with E-state index in [4.69, 9.17) is 0 Å². The summed E-state index contributed by atoms with van der Waals surface area (Å²) in [7, 11) is -0.887. The third-order valence-corrected chi connectivity index (χ3v) is 4.51. The van der Waals surface area contributed by atoms with Gasteiger partial charge < -0.3 is 10.2 Å². The van der Waals surface area contributed by atoms with Gasteiger partial charge in [0.1, 0.15) is 6.04 Å². The number of amides is 2. The number of hydrogen-bond donors (Lipinski definition) is 1. The number of hydrogen-bond acceptors (Lipinski definition) is 3. The molecule has 2 rings (SSSR count). The molecule has 0 radical (unpaired) electrons. The van der Waals surface area contributed by atoms with E-state index >= 15 is 0 Å². The maximum absolute atomic E-state index is 12.1. The van der Waals surface area contributed by atoms with Crippen LogP contribution >= 0.6 is 0 Å². The Labute approximate surface area is 103 Å². The molecule has 2 unspecified atom stereocenters. The molecule has 1 saturated carbocycles. The lowest BCUT2D eigenvalue weighted by Gasteiger charge is -2.32. The fourth-order valence-corrected chi connectivity index (χ4v) is 2.74. The van der Waals surface area contributed by atoms with E-state index in [1.165, 1.54) is 0 Å². The molecule has 0 spiro atoms. The van der Waals surface area contributed by atoms with Gasteiger partial charge in [0.25, 0.3) is 0 Å². The average Bonchev–Trinajstić information content (AvgIpc) is 3.13. The molecule has 0 aromatic rings. The summed E-state index contributed by atoms with van der Waals surface area (Å²) in [6, 6.07) is -0.327. The molecule has 1 heterocycles. The number of rotatable bonds is 5. The van der Waals surface area contributed by atoms with Crippen molar-refractivity contribution >= 4 is 22.6 Å². The Morgan fingerprint density at radius 3 is 2.71 bits per heavy atom. The lowest BCUT2D eigenvalue weighted by atomic mass is 10.1. The van der Waals surface area contributed by atoms with Crippen LogP contribution in [0.2, 0.25) is 0 Å². The first kappa shape index (κ1) is 12.5. The molecule has 1 N–H and O–H groups in total. The summed E-state index contributed by atoms with van der Waals surface area (Å²) in [6.45, 7) is 2.40. The van der Waals surface area contributed by atoms with Crippen molar-refractivity contribution in [3.8, 4) is 0 Å². The second-order valence-electron chi connectivity index (χ2n) is 4.58. The molecule has 1 aliphatic heterocycles. The van der Waals surface area contributed by atoms with Crippen LogP contribution in [0.4, 0.5) is 0 Å². The summed E-state index contributed by atoms with van der Waals surface area (Å²) in [6.07, 6.45) is 2.04. The van der Waals surface area contributed by atoms with E-state index < -0.39 is 10.8 Å². The van der Waals surface area contributed by atoms with Crippen LogP contribution in [0.25, 0.3) is 0 Å². The highest BCUT2D eigenvalue weighted by atomic mass is 32.2. The molecule has 0 bridgehead atoms. The van der Waals surface area contributed by atoms with Crippen LogP contribution in [0.3, 0.4) is 0 Å². The van der Waals surface area contributed by atoms with Crippen LogP contribution < -0.4 is 5.32 Å². The van der Waals surface area contributed by atoms with Crippen LogP contribution in [0.15, 0.2) is 0 Å². The molecule has 96 valence electrons. The van der Waals surface area contributed by atoms with E-state index in [2.05, 4.69) is 5.32 Å². The van der Waals surface area contributed by atoms with Gasteiger partial charge in [-0.25, -0.2) is 0 Å². The van der Waals surface area contributed by atoms with Crippen LogP contribution in [0.5, 0.6) is 0 Å². The van der Waals surface area contributed by atoms with Crippen molar-refractivity contribution in [1.82, 2.24) is 10.2 Å². The van der Waals surface area contributed by atoms with E-state index in [1.54, 1.807) is 4.90 Å². The molecule has 2 aliphatic rings. The third kappa shape index (κ3) is 3.06. The molecule has 17 heavy (non-hydrogen) atoms. The number of nitrogens with zero attached hydrogens (tertiary/aromatic N) is 1. The molecule has 6 heteroatoms. The molecular formula is C11H18N2O3S. The fourth-order valence-electron chi connectivity index (χ4n) is 2.02. The fraction of sp³-hybridized carbons (Fsp3) is 0.818. The van der Waals surface area contributed by atoms with Crippen molar-refractivity contribution in [3.05, 3.63) is 0 Å². The van der Waals surface area contributed by atoms with Gasteiger partial charge in [0.2, 0.25) is 11.8 Å². The summed E-state index contributed by atoms with van der Waals surface area (Å²) in [5.41, 5.74) is 0. The van der Waals surface area contributed by atoms with E-state index in [0.29, 0.717) is 24.0 Å². The van der Waals surface area contributed by atoms with Crippen LogP contribution in [0.1, 0.15) is 19.8 Å². The molecule has 0 aromatic carbocycles. The summed E-state index contributed by atoms with van der Waals surface area (Å²) in [4.78, 5) is 25.1. The number of nitrogens with one attached hydrogen (secondary N) is 1. The van der Waals surface area contributed by atoms with E-state index in [-0.39, 0.29) is 24.4 Å². The monoisotopic (exact) mass is 258 g/mol. The van der Waals surface area contributed by atoms with Crippen molar-refractivity contribution in [2.45, 2.75) is 25.8 Å². The minimum Gasteiger partial charge on any atom is -0.342 e. The summed E-state index contributed by atoms with van der Waals surface area (Å²) < 4.78 is 11.3. The second-order valence-corrected chi connectivity index (χ2v) is 6.44. The molecule has 1 aliphatic carbocycles. The molecule has 2 atom stereocenters. The normalized spacial score (nSPS) is 26.9. The predicted molar refractivity (Wildman–Crippen MR) is 64.8 cm³/mol. The largest absolute Gasteiger partial charge is 0.342 e. The summed E-state index contributed by atoms with van der Waals surface area (Å²) in [5.74, 6) is 1.29. The Balaban J connectivity index is 1.93. The smallest absolute Gasteiger partial charge is 0.245 e. The zero-order chi connectivity index (χ0) is 12.4. The van der Waals surface area contributed by atoms with Crippen LogP contribution in [0, 0.1) is 5.92 Å². The van der Waals surface area contributed by atoms with Crippen molar-refractivity contribution < 1.29 is 13.8 Å². The lowest BCUT2D eigenvalue weighted by molar-refractivity contribution is -0.144. The quantitative estimate of drug-likeness (QED) is 0.722. The average molecular weight is 258 g/mol. The number of piperazine rings is 1. The zero-order valence-corrected chi connectivity index (χ0v) is 10.8. The second kappa shape index (κ2) is 5.16. The zero-order valence-electron chi connectivity index (χ0n) is 9.98. The lowest BCUT2D eigenvalue weighted by Crippen LogP contribution is -2.59. The van der Waals surface area contributed by atoms with Crippen LogP contribution in [-0.4, -0.2) is 51.6 Å². The molecule has 2 amide bonds. The van der Waals surface area contributed by atoms with E-state index in [9.17, 15) is 13.8 Å². The highest BCUT2D eigenvalue weighted by molar-refractivity contribution is 7.84. The van der Waals surface area contributed by atoms with E-state index in [1.807, 2.05) is 6.92 Å². The SMILES string of the molecule is CCS(=O)CCN1CC(=O)NC(C2CC2)C1=O. The van der Waals surface area contributed by atoms with Crippen molar-refractivity contribution in [2.24, 2.45) is 5.92 Å². The van der Waals surface area contributed by atoms with Gasteiger partial charge in [0.05, 0.1) is 6.54 Å². The van der Waals surface area contributed by atoms with Crippen molar-refractivity contribution in [2.75, 3.05) is 24.6 Å². The summed E-state index contributed by atoms with van der Waals surface area (Å²) in [5, 5.41) is 2.75. The molecular weight excluding hydrogens is 240 g/mol. The minimum atomic E-state index is -0.887. The first-order valence-corrected chi connectivity index (χ1v) is 7.53. The van der Waals surface area contributed by atoms with Gasteiger partial charge in [0, 0.05) is 28.9 Å². The van der Waals surface area contributed by atoms with Gasteiger partial charge >= 0.3 is 0 Å². The Morgan fingerprint density at radius 2 is 2.12 bits per heavy atom. The molecule has 2 fully saturated rings. The van der Waals surface area contributed by atoms with Crippen LogP contribution in [-0.2, 0) is 20.4 Å². The van der Waals surface area contributed by atoms with Crippen molar-refractivity contribution in [1.29, 1.82) is 0 Å².